The first-order chi connectivity index (χ1) is 18.1. The van der Waals surface area contributed by atoms with Crippen LogP contribution in [0.4, 0.5) is 5.13 Å². The van der Waals surface area contributed by atoms with E-state index in [0.29, 0.717) is 35.6 Å². The first-order valence-electron chi connectivity index (χ1n) is 12.8. The van der Waals surface area contributed by atoms with Crippen molar-refractivity contribution >= 4 is 42.6 Å². The number of pyridine rings is 1. The zero-order valence-corrected chi connectivity index (χ0v) is 23.7. The Bertz CT molecular complexity index is 1520. The quantitative estimate of drug-likeness (QED) is 0.303. The van der Waals surface area contributed by atoms with Gasteiger partial charge in [0.2, 0.25) is 10.0 Å². The maximum atomic E-state index is 13.8. The van der Waals surface area contributed by atoms with Crippen LogP contribution in [-0.2, 0) is 16.6 Å². The predicted octanol–water partition coefficient (Wildman–Crippen LogP) is 5.82. The van der Waals surface area contributed by atoms with Gasteiger partial charge in [0.15, 0.2) is 5.13 Å². The van der Waals surface area contributed by atoms with Crippen LogP contribution in [-0.4, -0.2) is 41.7 Å². The van der Waals surface area contributed by atoms with Crippen molar-refractivity contribution in [2.75, 3.05) is 18.0 Å². The minimum Gasteiger partial charge on any atom is -0.278 e. The number of amides is 1. The van der Waals surface area contributed by atoms with Crippen LogP contribution in [0.5, 0.6) is 0 Å². The fraction of sp³-hybridized carbons (Fsp3) is 0.345. The molecule has 1 aliphatic rings. The molecule has 2 aromatic heterocycles. The Labute approximate surface area is 228 Å². The third-order valence-electron chi connectivity index (χ3n) is 7.09. The van der Waals surface area contributed by atoms with Gasteiger partial charge in [0.1, 0.15) is 0 Å². The molecule has 2 atom stereocenters. The maximum Gasteiger partial charge on any atom is 0.260 e. The Balaban J connectivity index is 1.46. The van der Waals surface area contributed by atoms with E-state index < -0.39 is 10.0 Å². The first kappa shape index (κ1) is 26.5. The van der Waals surface area contributed by atoms with Crippen molar-refractivity contribution in [1.29, 1.82) is 0 Å². The van der Waals surface area contributed by atoms with Gasteiger partial charge in [-0.25, -0.2) is 13.4 Å². The number of rotatable bonds is 6. The summed E-state index contributed by atoms with van der Waals surface area (Å²) in [6, 6.07) is 16.0. The summed E-state index contributed by atoms with van der Waals surface area (Å²) >= 11 is 1.46. The fourth-order valence-corrected chi connectivity index (χ4v) is 7.76. The molecule has 1 amide bonds. The lowest BCUT2D eigenvalue weighted by molar-refractivity contribution is 0.0984. The second-order valence-corrected chi connectivity index (χ2v) is 13.4. The number of aryl methyl sites for hydroxylation is 2. The van der Waals surface area contributed by atoms with Crippen LogP contribution < -0.4 is 4.90 Å². The van der Waals surface area contributed by atoms with E-state index in [2.05, 4.69) is 31.8 Å². The molecule has 4 aromatic rings. The SMILES string of the molecule is Cc1cc2nc(N(Cc3ccccn3)C(=O)c3ccc(S(=O)(=O)N4C[C@H](C)C[C@H](C)C4)cc3)sc2cc1C. The highest BCUT2D eigenvalue weighted by Crippen LogP contribution is 2.33. The normalized spacial score (nSPS) is 18.5. The number of hydrogen-bond donors (Lipinski definition) is 0. The Morgan fingerprint density at radius 1 is 1.03 bits per heavy atom. The predicted molar refractivity (Wildman–Crippen MR) is 152 cm³/mol. The lowest BCUT2D eigenvalue weighted by atomic mass is 9.94. The number of anilines is 1. The molecular weight excluding hydrogens is 516 g/mol. The van der Waals surface area contributed by atoms with Crippen molar-refractivity contribution < 1.29 is 13.2 Å². The Hall–Kier alpha value is -3.14. The number of hydrogen-bond acceptors (Lipinski definition) is 6. The van der Waals surface area contributed by atoms with Gasteiger partial charge in [-0.3, -0.25) is 14.7 Å². The minimum atomic E-state index is -3.63. The molecule has 198 valence electrons. The first-order valence-corrected chi connectivity index (χ1v) is 15.1. The van der Waals surface area contributed by atoms with E-state index in [9.17, 15) is 13.2 Å². The van der Waals surface area contributed by atoms with Crippen LogP contribution in [0.25, 0.3) is 10.2 Å². The molecule has 0 saturated carbocycles. The number of fused-ring (bicyclic) bond motifs is 1. The zero-order chi connectivity index (χ0) is 27.0. The second-order valence-electron chi connectivity index (χ2n) is 10.4. The summed E-state index contributed by atoms with van der Waals surface area (Å²) in [6.07, 6.45) is 2.72. The Kier molecular flexibility index (Phi) is 7.35. The van der Waals surface area contributed by atoms with E-state index in [-0.39, 0.29) is 17.3 Å². The number of nitrogens with zero attached hydrogens (tertiary/aromatic N) is 4. The van der Waals surface area contributed by atoms with Gasteiger partial charge in [-0.1, -0.05) is 31.3 Å². The molecule has 0 radical (unpaired) electrons. The molecule has 2 aromatic carbocycles. The summed E-state index contributed by atoms with van der Waals surface area (Å²) < 4.78 is 29.2. The molecule has 0 N–H and O–H groups in total. The maximum absolute atomic E-state index is 13.8. The van der Waals surface area contributed by atoms with Gasteiger partial charge in [-0.15, -0.1) is 0 Å². The standard InChI is InChI=1S/C29H32N4O3S2/c1-19-13-20(2)17-32(16-19)38(35,36)25-10-8-23(9-11-25)28(34)33(18-24-7-5-6-12-30-24)29-31-26-14-21(3)22(4)15-27(26)37-29/h5-12,14-15,19-20H,13,16-18H2,1-4H3/t19-,20+. The van der Waals surface area contributed by atoms with Crippen LogP contribution >= 0.6 is 11.3 Å². The van der Waals surface area contributed by atoms with Crippen LogP contribution in [0.15, 0.2) is 65.7 Å². The monoisotopic (exact) mass is 548 g/mol. The number of benzene rings is 2. The van der Waals surface area contributed by atoms with Crippen molar-refractivity contribution in [3.63, 3.8) is 0 Å². The van der Waals surface area contributed by atoms with Crippen molar-refractivity contribution in [2.24, 2.45) is 11.8 Å². The Morgan fingerprint density at radius 3 is 2.37 bits per heavy atom. The number of carbonyl (C=O) groups is 1. The molecule has 3 heterocycles. The van der Waals surface area contributed by atoms with Gasteiger partial charge in [0.25, 0.3) is 5.91 Å². The molecule has 1 fully saturated rings. The van der Waals surface area contributed by atoms with Gasteiger partial charge < -0.3 is 0 Å². The highest BCUT2D eigenvalue weighted by molar-refractivity contribution is 7.89. The fourth-order valence-electron chi connectivity index (χ4n) is 5.04. The van der Waals surface area contributed by atoms with Gasteiger partial charge in [-0.05, 0) is 91.8 Å². The molecule has 0 spiro atoms. The summed E-state index contributed by atoms with van der Waals surface area (Å²) in [6.45, 7) is 9.56. The third-order valence-corrected chi connectivity index (χ3v) is 9.98. The summed E-state index contributed by atoms with van der Waals surface area (Å²) in [4.78, 5) is 24.8. The van der Waals surface area contributed by atoms with Crippen molar-refractivity contribution in [1.82, 2.24) is 14.3 Å². The molecule has 9 heteroatoms. The van der Waals surface area contributed by atoms with Crippen molar-refractivity contribution in [3.8, 4) is 0 Å². The molecule has 0 aliphatic carbocycles. The molecular formula is C29H32N4O3S2. The summed E-state index contributed by atoms with van der Waals surface area (Å²) in [5.74, 6) is 0.374. The number of carbonyl (C=O) groups excluding carboxylic acids is 1. The smallest absolute Gasteiger partial charge is 0.260 e. The number of thiazole rings is 1. The summed E-state index contributed by atoms with van der Waals surface area (Å²) in [7, 11) is -3.63. The van der Waals surface area contributed by atoms with E-state index in [1.165, 1.54) is 29.0 Å². The van der Waals surface area contributed by atoms with E-state index in [1.54, 1.807) is 27.5 Å². The van der Waals surface area contributed by atoms with E-state index in [0.717, 1.165) is 27.9 Å². The largest absolute Gasteiger partial charge is 0.278 e. The lowest BCUT2D eigenvalue weighted by Crippen LogP contribution is -2.42. The van der Waals surface area contributed by atoms with E-state index >= 15 is 0 Å². The van der Waals surface area contributed by atoms with Gasteiger partial charge >= 0.3 is 0 Å². The molecule has 0 bridgehead atoms. The molecule has 38 heavy (non-hydrogen) atoms. The molecule has 0 unspecified atom stereocenters. The van der Waals surface area contributed by atoms with Crippen LogP contribution in [0.1, 0.15) is 47.4 Å². The number of aromatic nitrogens is 2. The van der Waals surface area contributed by atoms with Crippen LogP contribution in [0, 0.1) is 25.7 Å². The topological polar surface area (TPSA) is 83.5 Å². The number of sulfonamides is 1. The number of piperidine rings is 1. The Morgan fingerprint density at radius 2 is 1.71 bits per heavy atom. The van der Waals surface area contributed by atoms with Crippen molar-refractivity contribution in [3.05, 3.63) is 83.2 Å². The highest BCUT2D eigenvalue weighted by atomic mass is 32.2. The average molecular weight is 549 g/mol. The van der Waals surface area contributed by atoms with E-state index in [1.807, 2.05) is 31.2 Å². The zero-order valence-electron chi connectivity index (χ0n) is 22.1. The van der Waals surface area contributed by atoms with Crippen molar-refractivity contribution in [2.45, 2.75) is 45.6 Å². The third kappa shape index (κ3) is 5.36. The van der Waals surface area contributed by atoms with Crippen LogP contribution in [0.2, 0.25) is 0 Å². The minimum absolute atomic E-state index is 0.206. The molecule has 1 aliphatic heterocycles. The summed E-state index contributed by atoms with van der Waals surface area (Å²) in [5.41, 5.74) is 4.29. The molecule has 5 rings (SSSR count). The second kappa shape index (κ2) is 10.6. The highest BCUT2D eigenvalue weighted by Gasteiger charge is 2.32. The molecule has 1 saturated heterocycles. The van der Waals surface area contributed by atoms with Gasteiger partial charge in [0, 0.05) is 24.8 Å². The molecule has 7 nitrogen and oxygen atoms in total. The van der Waals surface area contributed by atoms with Gasteiger partial charge in [0.05, 0.1) is 27.4 Å². The average Bonchev–Trinajstić information content (AvgIpc) is 3.29. The van der Waals surface area contributed by atoms with E-state index in [4.69, 9.17) is 4.98 Å². The summed E-state index contributed by atoms with van der Waals surface area (Å²) in [5, 5.41) is 0.577. The lowest BCUT2D eigenvalue weighted by Gasteiger charge is -2.34. The van der Waals surface area contributed by atoms with Crippen LogP contribution in [0.3, 0.4) is 0 Å². The van der Waals surface area contributed by atoms with Gasteiger partial charge in [-0.2, -0.15) is 4.31 Å².